The Balaban J connectivity index is 4.38. The van der Waals surface area contributed by atoms with Gasteiger partial charge in [0.15, 0.2) is 6.10 Å². The van der Waals surface area contributed by atoms with E-state index >= 15 is 0 Å². The molecule has 0 aliphatic carbocycles. The Morgan fingerprint density at radius 1 is 0.423 bits per heavy atom. The van der Waals surface area contributed by atoms with E-state index in [1.807, 2.05) is 33.3 Å². The van der Waals surface area contributed by atoms with Crippen LogP contribution in [0, 0.1) is 0 Å². The molecule has 9 heteroatoms. The number of esters is 2. The molecule has 0 aromatic rings. The molecule has 0 radical (unpaired) electrons. The van der Waals surface area contributed by atoms with Gasteiger partial charge in [-0.15, -0.1) is 0 Å². The second-order valence-electron chi connectivity index (χ2n) is 18.8. The number of aliphatic carboxylic acids is 1. The highest BCUT2D eigenvalue weighted by atomic mass is 16.7. The number of carboxylic acid groups (broad SMARTS) is 1. The van der Waals surface area contributed by atoms with Gasteiger partial charge in [0.2, 0.25) is 0 Å². The average molecular weight is 987 g/mol. The van der Waals surface area contributed by atoms with Gasteiger partial charge >= 0.3 is 17.9 Å². The maximum absolute atomic E-state index is 12.8. The van der Waals surface area contributed by atoms with Gasteiger partial charge in [-0.2, -0.15) is 0 Å². The first-order chi connectivity index (χ1) is 34.6. The Morgan fingerprint density at radius 2 is 0.789 bits per heavy atom. The summed E-state index contributed by atoms with van der Waals surface area (Å²) in [6.07, 6.45) is 71.1. The van der Waals surface area contributed by atoms with Gasteiger partial charge in [0.25, 0.3) is 6.29 Å². The lowest BCUT2D eigenvalue weighted by molar-refractivity contribution is -0.870. The summed E-state index contributed by atoms with van der Waals surface area (Å²) in [4.78, 5) is 37.3. The molecular weight excluding hydrogens is 887 g/mol. The van der Waals surface area contributed by atoms with Crippen LogP contribution >= 0.6 is 0 Å². The molecule has 0 rings (SSSR count). The van der Waals surface area contributed by atoms with Crippen LogP contribution in [0.25, 0.3) is 0 Å². The van der Waals surface area contributed by atoms with Gasteiger partial charge in [0.05, 0.1) is 34.4 Å². The number of likely N-dealkylation sites (N-methyl/N-ethyl adjacent to an activating group) is 1. The number of ether oxygens (including phenoxy) is 4. The van der Waals surface area contributed by atoms with Crippen LogP contribution in [0.2, 0.25) is 0 Å². The number of carbonyl (C=O) groups is 3. The number of rotatable bonds is 48. The number of allylic oxidation sites excluding steroid dienone is 22. The number of nitrogens with zero attached hydrogens (tertiary/aromatic N) is 1. The highest BCUT2D eigenvalue weighted by Crippen LogP contribution is 2.14. The zero-order chi connectivity index (χ0) is 52.0. The van der Waals surface area contributed by atoms with Gasteiger partial charge in [-0.05, 0) is 96.3 Å². The summed E-state index contributed by atoms with van der Waals surface area (Å²) in [7, 11) is 5.93. The molecule has 0 bridgehead atoms. The van der Waals surface area contributed by atoms with Crippen molar-refractivity contribution in [2.75, 3.05) is 47.5 Å². The van der Waals surface area contributed by atoms with E-state index in [0.29, 0.717) is 17.4 Å². The number of hydrogen-bond acceptors (Lipinski definition) is 7. The molecule has 0 aliphatic rings. The highest BCUT2D eigenvalue weighted by Gasteiger charge is 2.25. The zero-order valence-electron chi connectivity index (χ0n) is 45.3. The first-order valence-corrected chi connectivity index (χ1v) is 27.3. The highest BCUT2D eigenvalue weighted by molar-refractivity contribution is 5.71. The molecular formula is C62H100NO8+. The molecule has 400 valence electrons. The molecule has 0 heterocycles. The Bertz CT molecular complexity index is 1620. The molecule has 0 saturated carbocycles. The van der Waals surface area contributed by atoms with Crippen molar-refractivity contribution < 1.29 is 42.9 Å². The minimum atomic E-state index is -1.54. The van der Waals surface area contributed by atoms with Gasteiger partial charge in [0.1, 0.15) is 13.2 Å². The molecule has 0 aromatic heterocycles. The number of carboxylic acids is 1. The Kier molecular flexibility index (Phi) is 48.4. The van der Waals surface area contributed by atoms with Crippen LogP contribution in [-0.2, 0) is 33.3 Å². The van der Waals surface area contributed by atoms with Crippen molar-refractivity contribution in [1.82, 2.24) is 0 Å². The zero-order valence-corrected chi connectivity index (χ0v) is 45.3. The second kappa shape index (κ2) is 51.8. The molecule has 0 spiro atoms. The monoisotopic (exact) mass is 987 g/mol. The number of quaternary nitrogens is 1. The van der Waals surface area contributed by atoms with E-state index < -0.39 is 24.3 Å². The van der Waals surface area contributed by atoms with Gasteiger partial charge in [0, 0.05) is 12.8 Å². The van der Waals surface area contributed by atoms with E-state index in [1.165, 1.54) is 44.9 Å². The van der Waals surface area contributed by atoms with E-state index in [4.69, 9.17) is 18.9 Å². The number of carbonyl (C=O) groups excluding carboxylic acids is 2. The Morgan fingerprint density at radius 3 is 1.18 bits per heavy atom. The summed E-state index contributed by atoms with van der Waals surface area (Å²) in [6.45, 7) is 4.53. The predicted octanol–water partition coefficient (Wildman–Crippen LogP) is 15.9. The molecule has 0 amide bonds. The predicted molar refractivity (Wildman–Crippen MR) is 299 cm³/mol. The molecule has 1 N–H and O–H groups in total. The SMILES string of the molecule is CC/C=C\C/C=C\C/C=C\C/C=C\C/C=C\C/C=C\CCC(=O)OC(COC(=O)CCCCCCCCCCCCC/C=C\C/C=C\C/C=C\C/C=C\C/C=C\CC)COC(OCC[N+](C)(C)C)C(=O)O. The van der Waals surface area contributed by atoms with Crippen molar-refractivity contribution >= 4 is 17.9 Å². The lowest BCUT2D eigenvalue weighted by Gasteiger charge is -2.25. The van der Waals surface area contributed by atoms with Gasteiger partial charge in [-0.25, -0.2) is 4.79 Å². The molecule has 71 heavy (non-hydrogen) atoms. The van der Waals surface area contributed by atoms with E-state index in [9.17, 15) is 19.5 Å². The van der Waals surface area contributed by atoms with Crippen LogP contribution in [0.4, 0.5) is 0 Å². The largest absolute Gasteiger partial charge is 0.477 e. The third-order valence-electron chi connectivity index (χ3n) is 10.9. The van der Waals surface area contributed by atoms with Crippen molar-refractivity contribution in [1.29, 1.82) is 0 Å². The summed E-state index contributed by atoms with van der Waals surface area (Å²) in [5.74, 6) is -2.14. The lowest BCUT2D eigenvalue weighted by atomic mass is 10.0. The summed E-state index contributed by atoms with van der Waals surface area (Å²) < 4.78 is 22.7. The molecule has 2 atom stereocenters. The quantitative estimate of drug-likeness (QED) is 0.0211. The van der Waals surface area contributed by atoms with E-state index in [2.05, 4.69) is 135 Å². The van der Waals surface area contributed by atoms with Crippen LogP contribution in [0.5, 0.6) is 0 Å². The summed E-state index contributed by atoms with van der Waals surface area (Å²) >= 11 is 0. The van der Waals surface area contributed by atoms with E-state index in [0.717, 1.165) is 103 Å². The van der Waals surface area contributed by atoms with Crippen molar-refractivity contribution in [3.63, 3.8) is 0 Å². The van der Waals surface area contributed by atoms with Gasteiger partial charge in [-0.1, -0.05) is 205 Å². The van der Waals surface area contributed by atoms with Crippen molar-refractivity contribution in [3.8, 4) is 0 Å². The van der Waals surface area contributed by atoms with Crippen LogP contribution < -0.4 is 0 Å². The fourth-order valence-electron chi connectivity index (χ4n) is 6.77. The van der Waals surface area contributed by atoms with Gasteiger partial charge < -0.3 is 28.5 Å². The summed E-state index contributed by atoms with van der Waals surface area (Å²) in [6, 6.07) is 0. The van der Waals surface area contributed by atoms with Crippen LogP contribution in [0.1, 0.15) is 181 Å². The smallest absolute Gasteiger partial charge is 0.361 e. The van der Waals surface area contributed by atoms with Crippen molar-refractivity contribution in [3.05, 3.63) is 134 Å². The third-order valence-corrected chi connectivity index (χ3v) is 10.9. The van der Waals surface area contributed by atoms with E-state index in [1.54, 1.807) is 0 Å². The Hall–Kier alpha value is -4.57. The molecule has 0 aliphatic heterocycles. The minimum Gasteiger partial charge on any atom is -0.477 e. The first kappa shape index (κ1) is 66.4. The topological polar surface area (TPSA) is 108 Å². The van der Waals surface area contributed by atoms with E-state index in [-0.39, 0.29) is 38.6 Å². The summed E-state index contributed by atoms with van der Waals surface area (Å²) in [5, 5.41) is 9.68. The number of hydrogen-bond donors (Lipinski definition) is 1. The first-order valence-electron chi connectivity index (χ1n) is 27.3. The van der Waals surface area contributed by atoms with Crippen LogP contribution in [-0.4, -0.2) is 87.4 Å². The maximum atomic E-state index is 12.8. The lowest BCUT2D eigenvalue weighted by Crippen LogP contribution is -2.40. The molecule has 0 fully saturated rings. The van der Waals surface area contributed by atoms with Gasteiger partial charge in [-0.3, -0.25) is 9.59 Å². The van der Waals surface area contributed by atoms with Crippen LogP contribution in [0.3, 0.4) is 0 Å². The normalized spacial score (nSPS) is 13.9. The fraction of sp³-hybridized carbons (Fsp3) is 0.597. The Labute approximate surface area is 433 Å². The second-order valence-corrected chi connectivity index (χ2v) is 18.8. The average Bonchev–Trinajstić information content (AvgIpc) is 3.34. The standard InChI is InChI=1S/C62H99NO8/c1-6-8-10-12-14-16-18-20-22-24-26-27-28-29-30-31-32-33-35-36-38-40-42-44-46-48-50-52-59(64)69-56-58(57-70-62(61(66)67)68-55-54-63(3,4)5)71-60(65)53-51-49-47-45-43-41-39-37-34-25-23-21-19-17-15-13-11-9-7-2/h8-11,14-17,20-23,26-27,29-30,34,37,41,43,47,49,58,62H,6-7,12-13,18-19,24-25,28,31-33,35-36,38-40,42,44-46,48,50-57H2,1-5H3/p+1/b10-8-,11-9-,16-14-,17-15-,22-20-,23-21-,27-26-,30-29-,37-34-,43-41-,49-47-. The summed E-state index contributed by atoms with van der Waals surface area (Å²) in [5.41, 5.74) is 0. The molecule has 2 unspecified atom stereocenters. The van der Waals surface area contributed by atoms with Crippen molar-refractivity contribution in [2.45, 2.75) is 193 Å². The maximum Gasteiger partial charge on any atom is 0.361 e. The number of unbranched alkanes of at least 4 members (excludes halogenated alkanes) is 11. The molecule has 9 nitrogen and oxygen atoms in total. The minimum absolute atomic E-state index is 0.126. The third kappa shape index (κ3) is 53.1. The van der Waals surface area contributed by atoms with Crippen LogP contribution in [0.15, 0.2) is 134 Å². The van der Waals surface area contributed by atoms with Crippen molar-refractivity contribution in [2.24, 2.45) is 0 Å². The molecule has 0 aromatic carbocycles. The molecule has 0 saturated heterocycles. The fourth-order valence-corrected chi connectivity index (χ4v) is 6.77.